The van der Waals surface area contributed by atoms with Gasteiger partial charge in [-0.25, -0.2) is 4.79 Å². The molecule has 0 spiro atoms. The van der Waals surface area contributed by atoms with E-state index in [1.54, 1.807) is 31.2 Å². The third-order valence-electron chi connectivity index (χ3n) is 7.51. The number of pyridine rings is 1. The lowest BCUT2D eigenvalue weighted by Crippen LogP contribution is -2.50. The maximum Gasteiger partial charge on any atom is 0.422 e. The second kappa shape index (κ2) is 15.9. The standard InChI is InChI=1S/C33H31ClF3N9O6/c1-18-3-10-23(15-38-18)40-27(49)26(48)39-16-24(28(50)51-2)42-25(47)19-4-11-22(12-5-19)41-29-43-30(45-31(44-29)52-17-33(35,36)37)46-32(13-14-32)20-6-8-21(34)9-7-20/h3-12,15,24H,13-14,16-17H2,1-2H3,(H,39,48)(H,40,49)(H,42,47)(H2,41,43,44,45,46)/t24-/m0/s1. The number of esters is 1. The minimum atomic E-state index is -4.64. The van der Waals surface area contributed by atoms with Gasteiger partial charge in [-0.3, -0.25) is 19.4 Å². The van der Waals surface area contributed by atoms with E-state index in [4.69, 9.17) is 21.1 Å². The number of hydrogen-bond acceptors (Lipinski definition) is 12. The molecule has 1 saturated carbocycles. The van der Waals surface area contributed by atoms with Crippen molar-refractivity contribution in [2.45, 2.75) is 37.5 Å². The summed E-state index contributed by atoms with van der Waals surface area (Å²) in [5, 5.41) is 13.7. The molecule has 2 heterocycles. The number of ether oxygens (including phenoxy) is 2. The Labute approximate surface area is 299 Å². The molecule has 0 bridgehead atoms. The van der Waals surface area contributed by atoms with Crippen LogP contribution in [0.25, 0.3) is 0 Å². The fourth-order valence-corrected chi connectivity index (χ4v) is 4.81. The van der Waals surface area contributed by atoms with Crippen molar-refractivity contribution in [3.05, 3.63) is 88.7 Å². The molecule has 3 amide bonds. The minimum absolute atomic E-state index is 0.0382. The van der Waals surface area contributed by atoms with Gasteiger partial charge in [0.25, 0.3) is 5.91 Å². The first-order valence-corrected chi connectivity index (χ1v) is 15.9. The number of nitrogens with one attached hydrogen (secondary N) is 5. The van der Waals surface area contributed by atoms with E-state index in [-0.39, 0.29) is 23.1 Å². The molecular formula is C33H31ClF3N9O6. The lowest BCUT2D eigenvalue weighted by atomic mass is 10.1. The number of rotatable bonds is 13. The largest absolute Gasteiger partial charge is 0.467 e. The zero-order valence-corrected chi connectivity index (χ0v) is 28.3. The normalized spacial score (nSPS) is 13.6. The topological polar surface area (TPSA) is 198 Å². The highest BCUT2D eigenvalue weighted by Gasteiger charge is 2.45. The molecule has 19 heteroatoms. The zero-order chi connectivity index (χ0) is 37.5. The molecule has 0 aliphatic heterocycles. The molecule has 1 fully saturated rings. The van der Waals surface area contributed by atoms with Crippen LogP contribution in [0.2, 0.25) is 5.02 Å². The van der Waals surface area contributed by atoms with E-state index in [0.29, 0.717) is 29.2 Å². The molecule has 1 aliphatic carbocycles. The molecule has 1 atom stereocenters. The number of carbonyl (C=O) groups excluding carboxylic acids is 4. The molecule has 2 aromatic carbocycles. The highest BCUT2D eigenvalue weighted by Crippen LogP contribution is 2.48. The molecule has 2 aromatic heterocycles. The molecule has 15 nitrogen and oxygen atoms in total. The lowest BCUT2D eigenvalue weighted by Gasteiger charge is -2.19. The maximum atomic E-state index is 13.0. The van der Waals surface area contributed by atoms with E-state index >= 15 is 0 Å². The number of alkyl halides is 3. The van der Waals surface area contributed by atoms with E-state index in [1.807, 2.05) is 12.1 Å². The van der Waals surface area contributed by atoms with Crippen molar-refractivity contribution in [1.29, 1.82) is 0 Å². The van der Waals surface area contributed by atoms with Crippen LogP contribution in [0.15, 0.2) is 66.9 Å². The van der Waals surface area contributed by atoms with Gasteiger partial charge in [0.2, 0.25) is 11.9 Å². The van der Waals surface area contributed by atoms with Crippen molar-refractivity contribution in [3.63, 3.8) is 0 Å². The van der Waals surface area contributed by atoms with Crippen molar-refractivity contribution in [2.75, 3.05) is 36.2 Å². The number of carbonyl (C=O) groups is 4. The molecule has 0 radical (unpaired) electrons. The van der Waals surface area contributed by atoms with Crippen molar-refractivity contribution in [3.8, 4) is 6.01 Å². The summed E-state index contributed by atoms with van der Waals surface area (Å²) in [5.74, 6) is -3.89. The second-order valence-corrected chi connectivity index (χ2v) is 11.9. The van der Waals surface area contributed by atoms with E-state index in [0.717, 1.165) is 12.7 Å². The molecule has 5 rings (SSSR count). The van der Waals surface area contributed by atoms with E-state index in [9.17, 15) is 32.3 Å². The molecule has 0 unspecified atom stereocenters. The first kappa shape index (κ1) is 37.2. The smallest absolute Gasteiger partial charge is 0.422 e. The van der Waals surface area contributed by atoms with Crippen molar-refractivity contribution in [2.24, 2.45) is 0 Å². The van der Waals surface area contributed by atoms with Crippen molar-refractivity contribution < 1.29 is 41.8 Å². The maximum absolute atomic E-state index is 13.0. The summed E-state index contributed by atoms with van der Waals surface area (Å²) in [6, 6.07) is 14.0. The summed E-state index contributed by atoms with van der Waals surface area (Å²) >= 11 is 6.02. The Bertz CT molecular complexity index is 1930. The number of methoxy groups -OCH3 is 1. The van der Waals surface area contributed by atoms with Gasteiger partial charge in [0.05, 0.1) is 24.5 Å². The Kier molecular flexibility index (Phi) is 11.4. The van der Waals surface area contributed by atoms with Crippen LogP contribution >= 0.6 is 11.6 Å². The van der Waals surface area contributed by atoms with Crippen LogP contribution in [-0.2, 0) is 24.7 Å². The van der Waals surface area contributed by atoms with Gasteiger partial charge in [-0.2, -0.15) is 28.1 Å². The molecule has 0 saturated heterocycles. The predicted octanol–water partition coefficient (Wildman–Crippen LogP) is 4.04. The molecule has 4 aromatic rings. The lowest BCUT2D eigenvalue weighted by molar-refractivity contribution is -0.154. The summed E-state index contributed by atoms with van der Waals surface area (Å²) in [6.45, 7) is -0.344. The summed E-state index contributed by atoms with van der Waals surface area (Å²) in [6.07, 6.45) is -1.86. The Hall–Kier alpha value is -6.04. The monoisotopic (exact) mass is 741 g/mol. The predicted molar refractivity (Wildman–Crippen MR) is 181 cm³/mol. The van der Waals surface area contributed by atoms with Gasteiger partial charge in [-0.1, -0.05) is 23.7 Å². The third kappa shape index (κ3) is 10.3. The van der Waals surface area contributed by atoms with Gasteiger partial charge >= 0.3 is 30.0 Å². The third-order valence-corrected chi connectivity index (χ3v) is 7.77. The van der Waals surface area contributed by atoms with Gasteiger partial charge in [-0.05, 0) is 73.9 Å². The quantitative estimate of drug-likeness (QED) is 0.0976. The number of halogens is 4. The van der Waals surface area contributed by atoms with Gasteiger partial charge in [-0.15, -0.1) is 0 Å². The second-order valence-electron chi connectivity index (χ2n) is 11.5. The number of aromatic nitrogens is 4. The highest BCUT2D eigenvalue weighted by molar-refractivity contribution is 6.39. The average molecular weight is 742 g/mol. The van der Waals surface area contributed by atoms with Gasteiger partial charge < -0.3 is 36.1 Å². The Morgan fingerprint density at radius 1 is 0.904 bits per heavy atom. The van der Waals surface area contributed by atoms with Crippen molar-refractivity contribution in [1.82, 2.24) is 30.6 Å². The summed E-state index contributed by atoms with van der Waals surface area (Å²) in [4.78, 5) is 66.3. The van der Waals surface area contributed by atoms with Gasteiger partial charge in [0.15, 0.2) is 6.61 Å². The number of hydrogen-bond donors (Lipinski definition) is 5. The van der Waals surface area contributed by atoms with Crippen LogP contribution in [0, 0.1) is 6.92 Å². The van der Waals surface area contributed by atoms with Gasteiger partial charge in [0, 0.05) is 28.5 Å². The number of amides is 3. The SMILES string of the molecule is COC(=O)[C@H](CNC(=O)C(=O)Nc1ccc(C)nc1)NC(=O)c1ccc(Nc2nc(NC3(c4ccc(Cl)cc4)CC3)nc(OCC(F)(F)F)n2)cc1. The van der Waals surface area contributed by atoms with E-state index in [1.165, 1.54) is 30.5 Å². The Balaban J connectivity index is 1.23. The zero-order valence-electron chi connectivity index (χ0n) is 27.5. The fraction of sp³-hybridized carbons (Fsp3) is 0.273. The highest BCUT2D eigenvalue weighted by atomic mass is 35.5. The number of benzene rings is 2. The molecule has 5 N–H and O–H groups in total. The van der Waals surface area contributed by atoms with E-state index < -0.39 is 60.6 Å². The van der Waals surface area contributed by atoms with Crippen LogP contribution in [0.5, 0.6) is 6.01 Å². The van der Waals surface area contributed by atoms with Crippen LogP contribution in [0.3, 0.4) is 0 Å². The van der Waals surface area contributed by atoms with Crippen LogP contribution in [-0.4, -0.2) is 76.1 Å². The summed E-state index contributed by atoms with van der Waals surface area (Å²) < 4.78 is 48.3. The first-order valence-electron chi connectivity index (χ1n) is 15.5. The number of anilines is 4. The summed E-state index contributed by atoms with van der Waals surface area (Å²) in [5.41, 5.74) is 1.73. The van der Waals surface area contributed by atoms with Crippen LogP contribution in [0.1, 0.15) is 34.5 Å². The van der Waals surface area contributed by atoms with Crippen LogP contribution < -0.4 is 31.3 Å². The van der Waals surface area contributed by atoms with E-state index in [2.05, 4.69) is 46.5 Å². The number of nitrogens with zero attached hydrogens (tertiary/aromatic N) is 4. The molecular weight excluding hydrogens is 711 g/mol. The molecule has 272 valence electrons. The van der Waals surface area contributed by atoms with Crippen molar-refractivity contribution >= 4 is 58.6 Å². The minimum Gasteiger partial charge on any atom is -0.467 e. The first-order chi connectivity index (χ1) is 24.7. The molecule has 52 heavy (non-hydrogen) atoms. The fourth-order valence-electron chi connectivity index (χ4n) is 4.69. The average Bonchev–Trinajstić information content (AvgIpc) is 3.90. The summed E-state index contributed by atoms with van der Waals surface area (Å²) in [7, 11) is 1.09. The molecule has 1 aliphatic rings. The Morgan fingerprint density at radius 2 is 1.58 bits per heavy atom. The van der Waals surface area contributed by atoms with Gasteiger partial charge in [0.1, 0.15) is 6.04 Å². The Morgan fingerprint density at radius 3 is 2.19 bits per heavy atom. The van der Waals surface area contributed by atoms with Crippen LogP contribution in [0.4, 0.5) is 36.4 Å². The number of aryl methyl sites for hydroxylation is 1.